The number of hydrogen-bond acceptors (Lipinski definition) is 2. The number of benzene rings is 2. The fourth-order valence-electron chi connectivity index (χ4n) is 4.18. The van der Waals surface area contributed by atoms with Gasteiger partial charge in [0.2, 0.25) is 0 Å². The molecule has 0 spiro atoms. The van der Waals surface area contributed by atoms with Gasteiger partial charge in [-0.25, -0.2) is 4.98 Å². The van der Waals surface area contributed by atoms with Crippen LogP contribution in [0.3, 0.4) is 0 Å². The summed E-state index contributed by atoms with van der Waals surface area (Å²) >= 11 is 0. The van der Waals surface area contributed by atoms with Crippen molar-refractivity contribution in [2.24, 2.45) is 0 Å². The predicted octanol–water partition coefficient (Wildman–Crippen LogP) is 0.987. The van der Waals surface area contributed by atoms with Crippen LogP contribution in [0.4, 0.5) is 13.2 Å². The number of halogens is 3. The van der Waals surface area contributed by atoms with E-state index >= 15 is 0 Å². The molecule has 0 bridgehead atoms. The van der Waals surface area contributed by atoms with E-state index in [1.807, 2.05) is 18.2 Å². The zero-order valence-corrected chi connectivity index (χ0v) is 16.7. The van der Waals surface area contributed by atoms with Gasteiger partial charge in [-0.3, -0.25) is 4.79 Å². The first-order valence-electron chi connectivity index (χ1n) is 10.1. The smallest absolute Gasteiger partial charge is 0.322 e. The van der Waals surface area contributed by atoms with Crippen molar-refractivity contribution in [1.29, 1.82) is 0 Å². The fourth-order valence-corrected chi connectivity index (χ4v) is 4.18. The Morgan fingerprint density at radius 1 is 1.07 bits per heavy atom. The minimum Gasteiger partial charge on any atom is -0.322 e. The van der Waals surface area contributed by atoms with E-state index < -0.39 is 11.7 Å². The Labute approximate surface area is 172 Å². The summed E-state index contributed by atoms with van der Waals surface area (Å²) in [5, 5.41) is 0.582. The van der Waals surface area contributed by atoms with Crippen molar-refractivity contribution in [3.8, 4) is 0 Å². The van der Waals surface area contributed by atoms with Crippen molar-refractivity contribution in [2.75, 3.05) is 26.2 Å². The summed E-state index contributed by atoms with van der Waals surface area (Å²) in [4.78, 5) is 22.5. The molecule has 0 amide bonds. The third-order valence-electron chi connectivity index (χ3n) is 5.96. The SMILES string of the molecule is C[C@@H](c1nc2ccccc2c(=O)[nH]1)[NH+]1CC[NH+](Cc2cccc(C(F)(F)F)c2)CC1. The van der Waals surface area contributed by atoms with Crippen molar-refractivity contribution >= 4 is 10.9 Å². The van der Waals surface area contributed by atoms with Gasteiger partial charge in [-0.15, -0.1) is 0 Å². The van der Waals surface area contributed by atoms with Crippen LogP contribution in [0.1, 0.15) is 29.9 Å². The number of fused-ring (bicyclic) bond motifs is 1. The van der Waals surface area contributed by atoms with Crippen LogP contribution in [0.5, 0.6) is 0 Å². The van der Waals surface area contributed by atoms with Gasteiger partial charge in [0.1, 0.15) is 38.8 Å². The van der Waals surface area contributed by atoms with E-state index in [0.29, 0.717) is 28.8 Å². The second-order valence-electron chi connectivity index (χ2n) is 7.97. The van der Waals surface area contributed by atoms with E-state index in [2.05, 4.69) is 16.9 Å². The Hall–Kier alpha value is -2.71. The third kappa shape index (κ3) is 4.39. The Balaban J connectivity index is 1.41. The van der Waals surface area contributed by atoms with Gasteiger partial charge >= 0.3 is 6.18 Å². The van der Waals surface area contributed by atoms with Gasteiger partial charge in [0.25, 0.3) is 5.56 Å². The van der Waals surface area contributed by atoms with E-state index in [4.69, 9.17) is 0 Å². The van der Waals surface area contributed by atoms with Gasteiger partial charge in [0, 0.05) is 5.56 Å². The van der Waals surface area contributed by atoms with Crippen LogP contribution < -0.4 is 15.4 Å². The normalized spacial score (nSPS) is 20.9. The zero-order valence-electron chi connectivity index (χ0n) is 16.7. The second-order valence-corrected chi connectivity index (χ2v) is 7.97. The first-order valence-corrected chi connectivity index (χ1v) is 10.1. The number of aromatic nitrogens is 2. The second kappa shape index (κ2) is 8.20. The number of rotatable bonds is 4. The number of aromatic amines is 1. The van der Waals surface area contributed by atoms with Crippen molar-refractivity contribution in [3.05, 3.63) is 75.8 Å². The van der Waals surface area contributed by atoms with E-state index in [1.165, 1.54) is 21.9 Å². The maximum absolute atomic E-state index is 12.9. The summed E-state index contributed by atoms with van der Waals surface area (Å²) in [7, 11) is 0. The standard InChI is InChI=1S/C22H23F3N4O/c1-15(20-26-19-8-3-2-7-18(19)21(30)27-20)29-11-9-28(10-12-29)14-16-5-4-6-17(13-16)22(23,24)25/h2-8,13,15H,9-12,14H2,1H3,(H,26,27,30)/p+2/t15-/m0/s1. The lowest BCUT2D eigenvalue weighted by atomic mass is 10.1. The maximum Gasteiger partial charge on any atom is 0.416 e. The third-order valence-corrected chi connectivity index (χ3v) is 5.96. The zero-order chi connectivity index (χ0) is 21.3. The maximum atomic E-state index is 12.9. The molecule has 5 nitrogen and oxygen atoms in total. The molecule has 1 aliphatic rings. The average molecular weight is 418 g/mol. The van der Waals surface area contributed by atoms with Gasteiger partial charge in [-0.1, -0.05) is 24.3 Å². The van der Waals surface area contributed by atoms with Crippen molar-refractivity contribution in [1.82, 2.24) is 9.97 Å². The van der Waals surface area contributed by atoms with Crippen molar-refractivity contribution in [3.63, 3.8) is 0 Å². The van der Waals surface area contributed by atoms with Gasteiger partial charge in [0.15, 0.2) is 5.82 Å². The van der Waals surface area contributed by atoms with E-state index in [9.17, 15) is 18.0 Å². The monoisotopic (exact) mass is 418 g/mol. The molecule has 30 heavy (non-hydrogen) atoms. The molecule has 0 unspecified atom stereocenters. The van der Waals surface area contributed by atoms with Crippen LogP contribution in [-0.2, 0) is 12.7 Å². The van der Waals surface area contributed by atoms with E-state index in [1.54, 1.807) is 12.1 Å². The number of nitrogens with one attached hydrogen (secondary N) is 3. The van der Waals surface area contributed by atoms with Gasteiger partial charge in [0.05, 0.1) is 16.5 Å². The summed E-state index contributed by atoms with van der Waals surface area (Å²) in [5.74, 6) is 0.676. The summed E-state index contributed by atoms with van der Waals surface area (Å²) in [6.07, 6.45) is -4.31. The average Bonchev–Trinajstić information content (AvgIpc) is 2.73. The Kier molecular flexibility index (Phi) is 5.62. The summed E-state index contributed by atoms with van der Waals surface area (Å²) in [5.41, 5.74) is 0.674. The predicted molar refractivity (Wildman–Crippen MR) is 107 cm³/mol. The molecule has 0 radical (unpaired) electrons. The van der Waals surface area contributed by atoms with Crippen LogP contribution in [0.15, 0.2) is 53.3 Å². The molecular weight excluding hydrogens is 393 g/mol. The topological polar surface area (TPSA) is 54.6 Å². The number of alkyl halides is 3. The summed E-state index contributed by atoms with van der Waals surface area (Å²) in [6.45, 7) is 6.08. The first-order chi connectivity index (χ1) is 14.3. The molecule has 0 saturated carbocycles. The quantitative estimate of drug-likeness (QED) is 0.592. The number of para-hydroxylation sites is 1. The van der Waals surface area contributed by atoms with Crippen LogP contribution in [0.2, 0.25) is 0 Å². The molecule has 0 aliphatic carbocycles. The minimum absolute atomic E-state index is 0.0393. The lowest BCUT2D eigenvalue weighted by molar-refractivity contribution is -1.03. The molecule has 4 rings (SSSR count). The van der Waals surface area contributed by atoms with Crippen LogP contribution >= 0.6 is 0 Å². The molecule has 2 heterocycles. The fraction of sp³-hybridized carbons (Fsp3) is 0.364. The molecule has 1 aromatic heterocycles. The lowest BCUT2D eigenvalue weighted by Gasteiger charge is -2.32. The van der Waals surface area contributed by atoms with Gasteiger partial charge in [-0.2, -0.15) is 13.2 Å². The molecule has 158 valence electrons. The number of piperazine rings is 1. The van der Waals surface area contributed by atoms with E-state index in [-0.39, 0.29) is 11.6 Å². The number of nitrogens with zero attached hydrogens (tertiary/aromatic N) is 1. The lowest BCUT2D eigenvalue weighted by Crippen LogP contribution is -3.27. The highest BCUT2D eigenvalue weighted by atomic mass is 19.4. The number of hydrogen-bond donors (Lipinski definition) is 3. The molecule has 1 aliphatic heterocycles. The van der Waals surface area contributed by atoms with Crippen LogP contribution in [0, 0.1) is 0 Å². The Morgan fingerprint density at radius 3 is 2.53 bits per heavy atom. The molecule has 8 heteroatoms. The van der Waals surface area contributed by atoms with Crippen LogP contribution in [-0.4, -0.2) is 36.1 Å². The van der Waals surface area contributed by atoms with E-state index in [0.717, 1.165) is 32.2 Å². The van der Waals surface area contributed by atoms with Crippen molar-refractivity contribution < 1.29 is 23.0 Å². The highest BCUT2D eigenvalue weighted by Crippen LogP contribution is 2.29. The minimum atomic E-state index is -4.31. The molecular formula is C22H25F3N4O+2. The van der Waals surface area contributed by atoms with Gasteiger partial charge < -0.3 is 14.8 Å². The van der Waals surface area contributed by atoms with Crippen LogP contribution in [0.25, 0.3) is 10.9 Å². The Morgan fingerprint density at radius 2 is 1.80 bits per heavy atom. The summed E-state index contributed by atoms with van der Waals surface area (Å²) in [6, 6.07) is 12.9. The molecule has 1 atom stereocenters. The molecule has 1 fully saturated rings. The molecule has 1 saturated heterocycles. The van der Waals surface area contributed by atoms with Crippen molar-refractivity contribution in [2.45, 2.75) is 25.7 Å². The largest absolute Gasteiger partial charge is 0.416 e. The number of H-pyrrole nitrogens is 1. The van der Waals surface area contributed by atoms with Gasteiger partial charge in [-0.05, 0) is 31.2 Å². The number of quaternary nitrogens is 2. The molecule has 3 N–H and O–H groups in total. The summed E-state index contributed by atoms with van der Waals surface area (Å²) < 4.78 is 38.8. The highest BCUT2D eigenvalue weighted by Gasteiger charge is 2.32. The highest BCUT2D eigenvalue weighted by molar-refractivity contribution is 5.77. The first kappa shape index (κ1) is 20.6. The Bertz CT molecular complexity index is 1090. The molecule has 3 aromatic rings. The molecule has 2 aromatic carbocycles.